The van der Waals surface area contributed by atoms with E-state index in [4.69, 9.17) is 27.6 Å². The molecule has 4 aromatic rings. The summed E-state index contributed by atoms with van der Waals surface area (Å²) in [6.07, 6.45) is 1.60. The normalized spacial score (nSPS) is 11.4. The third-order valence-electron chi connectivity index (χ3n) is 3.48. The van der Waals surface area contributed by atoms with E-state index in [1.54, 1.807) is 29.7 Å². The number of rotatable bonds is 4. The SMILES string of the molecule is Clc1ccc(-c2ccc(/C=N/Nc3nc4ccccc4s3)o2)cc1Cl. The van der Waals surface area contributed by atoms with Crippen LogP contribution in [0.2, 0.25) is 10.0 Å². The van der Waals surface area contributed by atoms with Crippen molar-refractivity contribution in [3.05, 3.63) is 70.4 Å². The molecule has 124 valence electrons. The second-order valence-corrected chi connectivity index (χ2v) is 7.03. The van der Waals surface area contributed by atoms with Crippen molar-refractivity contribution >= 4 is 56.1 Å². The number of para-hydroxylation sites is 1. The summed E-state index contributed by atoms with van der Waals surface area (Å²) >= 11 is 13.5. The van der Waals surface area contributed by atoms with Gasteiger partial charge in [0.05, 0.1) is 26.5 Å². The third-order valence-corrected chi connectivity index (χ3v) is 5.16. The number of benzene rings is 2. The summed E-state index contributed by atoms with van der Waals surface area (Å²) in [7, 11) is 0. The number of anilines is 1. The first-order valence-corrected chi connectivity index (χ1v) is 8.96. The fourth-order valence-corrected chi connectivity index (χ4v) is 3.41. The molecule has 0 aliphatic heterocycles. The van der Waals surface area contributed by atoms with Gasteiger partial charge in [0.25, 0.3) is 0 Å². The molecule has 4 nitrogen and oxygen atoms in total. The van der Waals surface area contributed by atoms with Crippen LogP contribution in [-0.2, 0) is 0 Å². The first-order chi connectivity index (χ1) is 12.2. The molecular weight excluding hydrogens is 377 g/mol. The monoisotopic (exact) mass is 387 g/mol. The number of thiazole rings is 1. The molecule has 0 amide bonds. The van der Waals surface area contributed by atoms with E-state index in [-0.39, 0.29) is 0 Å². The molecule has 7 heteroatoms. The molecule has 4 rings (SSSR count). The molecule has 0 spiro atoms. The van der Waals surface area contributed by atoms with Gasteiger partial charge in [-0.15, -0.1) is 0 Å². The molecular formula is C18H11Cl2N3OS. The highest BCUT2D eigenvalue weighted by atomic mass is 35.5. The Labute approximate surface area is 157 Å². The molecule has 0 radical (unpaired) electrons. The number of furan rings is 1. The van der Waals surface area contributed by atoms with Crippen LogP contribution in [0.1, 0.15) is 5.76 Å². The Kier molecular flexibility index (Phi) is 4.44. The fourth-order valence-electron chi connectivity index (χ4n) is 2.30. The van der Waals surface area contributed by atoms with Gasteiger partial charge in [-0.1, -0.05) is 46.7 Å². The van der Waals surface area contributed by atoms with Gasteiger partial charge >= 0.3 is 0 Å². The topological polar surface area (TPSA) is 50.4 Å². The van der Waals surface area contributed by atoms with Gasteiger partial charge in [-0.25, -0.2) is 4.98 Å². The molecule has 0 aliphatic carbocycles. The summed E-state index contributed by atoms with van der Waals surface area (Å²) in [6, 6.07) is 17.0. The maximum atomic E-state index is 6.04. The molecule has 0 aliphatic rings. The van der Waals surface area contributed by atoms with E-state index in [2.05, 4.69) is 15.5 Å². The number of nitrogens with zero attached hydrogens (tertiary/aromatic N) is 2. The van der Waals surface area contributed by atoms with Crippen LogP contribution in [0.4, 0.5) is 5.13 Å². The number of halogens is 2. The highest BCUT2D eigenvalue weighted by Crippen LogP contribution is 2.29. The average Bonchev–Trinajstić information content (AvgIpc) is 3.24. The molecule has 0 atom stereocenters. The van der Waals surface area contributed by atoms with Gasteiger partial charge < -0.3 is 4.42 Å². The summed E-state index contributed by atoms with van der Waals surface area (Å²) in [5.74, 6) is 1.31. The quantitative estimate of drug-likeness (QED) is 0.329. The van der Waals surface area contributed by atoms with Gasteiger partial charge in [0.1, 0.15) is 11.5 Å². The van der Waals surface area contributed by atoms with Crippen molar-refractivity contribution in [2.75, 3.05) is 5.43 Å². The molecule has 0 unspecified atom stereocenters. The van der Waals surface area contributed by atoms with Crippen LogP contribution in [0.5, 0.6) is 0 Å². The fraction of sp³-hybridized carbons (Fsp3) is 0. The van der Waals surface area contributed by atoms with E-state index in [0.717, 1.165) is 20.9 Å². The number of nitrogens with one attached hydrogen (secondary N) is 1. The predicted molar refractivity (Wildman–Crippen MR) is 105 cm³/mol. The van der Waals surface area contributed by atoms with Crippen molar-refractivity contribution < 1.29 is 4.42 Å². The summed E-state index contributed by atoms with van der Waals surface area (Å²) in [4.78, 5) is 4.45. The maximum absolute atomic E-state index is 6.04. The van der Waals surface area contributed by atoms with Crippen molar-refractivity contribution in [1.29, 1.82) is 0 Å². The number of fused-ring (bicyclic) bond motifs is 1. The Bertz CT molecular complexity index is 1040. The summed E-state index contributed by atoms with van der Waals surface area (Å²) in [5.41, 5.74) is 4.73. The highest BCUT2D eigenvalue weighted by molar-refractivity contribution is 7.22. The van der Waals surface area contributed by atoms with Crippen LogP contribution in [0, 0.1) is 0 Å². The van der Waals surface area contributed by atoms with Crippen molar-refractivity contribution in [1.82, 2.24) is 4.98 Å². The number of hydrogen-bond acceptors (Lipinski definition) is 5. The number of hydrazone groups is 1. The lowest BCUT2D eigenvalue weighted by Crippen LogP contribution is -1.88. The zero-order valence-corrected chi connectivity index (χ0v) is 15.1. The summed E-state index contributed by atoms with van der Waals surface area (Å²) in [5, 5.41) is 5.91. The van der Waals surface area contributed by atoms with Crippen molar-refractivity contribution in [3.63, 3.8) is 0 Å². The lowest BCUT2D eigenvalue weighted by Gasteiger charge is -1.99. The molecule has 0 fully saturated rings. The lowest BCUT2D eigenvalue weighted by molar-refractivity contribution is 0.575. The van der Waals surface area contributed by atoms with Gasteiger partial charge in [-0.05, 0) is 42.5 Å². The molecule has 0 saturated carbocycles. The van der Waals surface area contributed by atoms with Gasteiger partial charge in [0.15, 0.2) is 0 Å². The smallest absolute Gasteiger partial charge is 0.204 e. The van der Waals surface area contributed by atoms with Crippen LogP contribution in [0.15, 0.2) is 64.1 Å². The minimum atomic E-state index is 0.489. The summed E-state index contributed by atoms with van der Waals surface area (Å²) in [6.45, 7) is 0. The second kappa shape index (κ2) is 6.88. The van der Waals surface area contributed by atoms with Crippen LogP contribution in [0.3, 0.4) is 0 Å². The first-order valence-electron chi connectivity index (χ1n) is 7.39. The predicted octanol–water partition coefficient (Wildman–Crippen LogP) is 6.31. The van der Waals surface area contributed by atoms with E-state index in [1.807, 2.05) is 42.5 Å². The molecule has 0 bridgehead atoms. The Morgan fingerprint density at radius 2 is 1.92 bits per heavy atom. The number of hydrogen-bond donors (Lipinski definition) is 1. The van der Waals surface area contributed by atoms with Gasteiger partial charge in [-0.2, -0.15) is 5.10 Å². The van der Waals surface area contributed by atoms with Gasteiger partial charge in [0.2, 0.25) is 5.13 Å². The highest BCUT2D eigenvalue weighted by Gasteiger charge is 2.06. The zero-order valence-electron chi connectivity index (χ0n) is 12.7. The first kappa shape index (κ1) is 16.1. The van der Waals surface area contributed by atoms with Gasteiger partial charge in [0, 0.05) is 5.56 Å². The maximum Gasteiger partial charge on any atom is 0.204 e. The third kappa shape index (κ3) is 3.54. The molecule has 0 saturated heterocycles. The molecule has 25 heavy (non-hydrogen) atoms. The van der Waals surface area contributed by atoms with Crippen molar-refractivity contribution in [3.8, 4) is 11.3 Å². The minimum absolute atomic E-state index is 0.489. The van der Waals surface area contributed by atoms with Crippen molar-refractivity contribution in [2.45, 2.75) is 0 Å². The zero-order chi connectivity index (χ0) is 17.2. The van der Waals surface area contributed by atoms with E-state index in [0.29, 0.717) is 21.6 Å². The van der Waals surface area contributed by atoms with Crippen LogP contribution in [-0.4, -0.2) is 11.2 Å². The van der Waals surface area contributed by atoms with E-state index in [9.17, 15) is 0 Å². The number of aromatic nitrogens is 1. The minimum Gasteiger partial charge on any atom is -0.455 e. The molecule has 2 heterocycles. The van der Waals surface area contributed by atoms with Gasteiger partial charge in [-0.3, -0.25) is 5.43 Å². The Morgan fingerprint density at radius 1 is 1.04 bits per heavy atom. The molecule has 2 aromatic heterocycles. The molecule has 1 N–H and O–H groups in total. The Hall–Kier alpha value is -2.34. The average molecular weight is 388 g/mol. The van der Waals surface area contributed by atoms with E-state index >= 15 is 0 Å². The van der Waals surface area contributed by atoms with Crippen LogP contribution in [0.25, 0.3) is 21.5 Å². The largest absolute Gasteiger partial charge is 0.455 e. The summed E-state index contributed by atoms with van der Waals surface area (Å²) < 4.78 is 6.86. The van der Waals surface area contributed by atoms with E-state index in [1.165, 1.54) is 0 Å². The second-order valence-electron chi connectivity index (χ2n) is 5.19. The van der Waals surface area contributed by atoms with Crippen LogP contribution >= 0.6 is 34.5 Å². The molecule has 2 aromatic carbocycles. The van der Waals surface area contributed by atoms with E-state index < -0.39 is 0 Å². The Balaban J connectivity index is 1.48. The standard InChI is InChI=1S/C18H11Cl2N3OS/c19-13-7-5-11(9-14(13)20)16-8-6-12(24-16)10-21-23-18-22-15-3-1-2-4-17(15)25-18/h1-10H,(H,22,23)/b21-10+. The van der Waals surface area contributed by atoms with Crippen molar-refractivity contribution in [2.24, 2.45) is 5.10 Å². The Morgan fingerprint density at radius 3 is 2.76 bits per heavy atom. The lowest BCUT2D eigenvalue weighted by atomic mass is 10.2. The van der Waals surface area contributed by atoms with Crippen LogP contribution < -0.4 is 5.43 Å².